The molecule has 0 saturated heterocycles. The van der Waals surface area contributed by atoms with Crippen LogP contribution in [-0.2, 0) is 11.2 Å². The van der Waals surface area contributed by atoms with Gasteiger partial charge in [0.1, 0.15) is 23.6 Å². The zero-order valence-electron chi connectivity index (χ0n) is 16.2. The van der Waals surface area contributed by atoms with Crippen LogP contribution < -0.4 is 20.1 Å². The smallest absolute Gasteiger partial charge is 0.356 e. The summed E-state index contributed by atoms with van der Waals surface area (Å²) >= 11 is 1.20. The zero-order valence-corrected chi connectivity index (χ0v) is 17.9. The Morgan fingerprint density at radius 2 is 1.87 bits per heavy atom. The van der Waals surface area contributed by atoms with Crippen molar-refractivity contribution in [2.75, 3.05) is 5.32 Å². The second-order valence-corrected chi connectivity index (χ2v) is 8.99. The van der Waals surface area contributed by atoms with Crippen LogP contribution in [0.4, 0.5) is 5.13 Å². The van der Waals surface area contributed by atoms with Gasteiger partial charge in [0.15, 0.2) is 0 Å². The predicted octanol–water partition coefficient (Wildman–Crippen LogP) is 2.96. The average molecular weight is 449 g/mol. The molecule has 0 unspecified atom stereocenters. The summed E-state index contributed by atoms with van der Waals surface area (Å²) in [6.45, 7) is 3.89. The molecule has 11 heteroatoms. The molecule has 1 heterocycles. The van der Waals surface area contributed by atoms with Gasteiger partial charge in [-0.2, -0.15) is 0 Å². The van der Waals surface area contributed by atoms with Gasteiger partial charge >= 0.3 is 7.60 Å². The molecule has 0 bridgehead atoms. The Balaban J connectivity index is 1.77. The molecular formula is C19H20N3O6PS. The number of nitrogens with zero attached hydrogens (tertiary/aromatic N) is 2. The first-order chi connectivity index (χ1) is 14.2. The molecule has 0 fully saturated rings. The van der Waals surface area contributed by atoms with Gasteiger partial charge in [0.05, 0.1) is 11.4 Å². The first kappa shape index (κ1) is 21.9. The van der Waals surface area contributed by atoms with Crippen LogP contribution in [0.3, 0.4) is 0 Å². The molecule has 0 radical (unpaired) electrons. The molecule has 1 amide bonds. The summed E-state index contributed by atoms with van der Waals surface area (Å²) in [5, 5.41) is 10.5. The van der Waals surface area contributed by atoms with E-state index >= 15 is 0 Å². The van der Waals surface area contributed by atoms with Crippen LogP contribution in [0, 0.1) is 0 Å². The number of nitrogens with one attached hydrogen (secondary N) is 1. The molecule has 0 aliphatic carbocycles. The SMILES string of the molecule is CC(C)Oc1cc(OCc2ccc(P(=O)(O)O)cc2)cc(C(=O)Nc2nncs2)c1. The molecule has 3 rings (SSSR count). The van der Waals surface area contributed by atoms with Crippen LogP contribution in [0.15, 0.2) is 48.0 Å². The third-order valence-electron chi connectivity index (χ3n) is 3.77. The zero-order chi connectivity index (χ0) is 21.7. The van der Waals surface area contributed by atoms with Gasteiger partial charge in [0, 0.05) is 11.6 Å². The molecule has 0 saturated carbocycles. The Labute approximate surface area is 176 Å². The van der Waals surface area contributed by atoms with Crippen molar-refractivity contribution in [3.05, 3.63) is 59.1 Å². The van der Waals surface area contributed by atoms with E-state index in [2.05, 4.69) is 15.5 Å². The largest absolute Gasteiger partial charge is 0.491 e. The molecule has 0 atom stereocenters. The van der Waals surface area contributed by atoms with E-state index in [9.17, 15) is 19.1 Å². The molecule has 0 aliphatic rings. The lowest BCUT2D eigenvalue weighted by atomic mass is 10.2. The normalized spacial score (nSPS) is 11.4. The third kappa shape index (κ3) is 6.11. The lowest BCUT2D eigenvalue weighted by Crippen LogP contribution is -2.13. The van der Waals surface area contributed by atoms with Crippen molar-refractivity contribution in [3.8, 4) is 11.5 Å². The van der Waals surface area contributed by atoms with Crippen LogP contribution in [0.5, 0.6) is 11.5 Å². The summed E-state index contributed by atoms with van der Waals surface area (Å²) in [5.74, 6) is 0.508. The third-order valence-corrected chi connectivity index (χ3v) is 5.35. The number of hydrogen-bond donors (Lipinski definition) is 3. The molecule has 0 aliphatic heterocycles. The van der Waals surface area contributed by atoms with Crippen molar-refractivity contribution in [2.24, 2.45) is 0 Å². The highest BCUT2D eigenvalue weighted by Gasteiger charge is 2.16. The Bertz CT molecular complexity index is 1050. The van der Waals surface area contributed by atoms with E-state index in [0.29, 0.717) is 27.8 Å². The van der Waals surface area contributed by atoms with E-state index in [1.807, 2.05) is 13.8 Å². The van der Waals surface area contributed by atoms with Crippen LogP contribution in [-0.4, -0.2) is 32.0 Å². The number of rotatable bonds is 8. The van der Waals surface area contributed by atoms with Crippen molar-refractivity contribution in [1.29, 1.82) is 0 Å². The summed E-state index contributed by atoms with van der Waals surface area (Å²) in [5.41, 5.74) is 2.55. The molecule has 3 N–H and O–H groups in total. The molecule has 30 heavy (non-hydrogen) atoms. The fourth-order valence-corrected chi connectivity index (χ4v) is 3.45. The number of benzene rings is 2. The molecule has 1 aromatic heterocycles. The van der Waals surface area contributed by atoms with Crippen LogP contribution in [0.1, 0.15) is 29.8 Å². The maximum Gasteiger partial charge on any atom is 0.356 e. The van der Waals surface area contributed by atoms with Gasteiger partial charge in [-0.05, 0) is 43.7 Å². The number of ether oxygens (including phenoxy) is 2. The second-order valence-electron chi connectivity index (χ2n) is 6.56. The Morgan fingerprint density at radius 1 is 1.17 bits per heavy atom. The van der Waals surface area contributed by atoms with E-state index in [1.165, 1.54) is 29.0 Å². The molecule has 2 aromatic carbocycles. The number of hydrogen-bond acceptors (Lipinski definition) is 7. The van der Waals surface area contributed by atoms with Crippen molar-refractivity contribution < 1.29 is 28.6 Å². The maximum atomic E-state index is 12.6. The van der Waals surface area contributed by atoms with E-state index < -0.39 is 7.60 Å². The van der Waals surface area contributed by atoms with Gasteiger partial charge < -0.3 is 19.3 Å². The number of amides is 1. The Kier molecular flexibility index (Phi) is 6.84. The standard InChI is InChI=1S/C19H20N3O6PS/c1-12(2)28-16-8-14(18(23)21-19-22-20-11-30-19)7-15(9-16)27-10-13-3-5-17(6-4-13)29(24,25)26/h3-9,11-12H,10H2,1-2H3,(H,21,22,23)(H2,24,25,26). The summed E-state index contributed by atoms with van der Waals surface area (Å²) in [4.78, 5) is 30.9. The lowest BCUT2D eigenvalue weighted by molar-refractivity contribution is 0.102. The number of anilines is 1. The first-order valence-corrected chi connectivity index (χ1v) is 11.4. The minimum Gasteiger partial charge on any atom is -0.491 e. The van der Waals surface area contributed by atoms with Crippen LogP contribution in [0.2, 0.25) is 0 Å². The minimum atomic E-state index is -4.29. The molecule has 3 aromatic rings. The summed E-state index contributed by atoms with van der Waals surface area (Å²) in [6.07, 6.45) is -0.0977. The lowest BCUT2D eigenvalue weighted by Gasteiger charge is -2.14. The number of aromatic nitrogens is 2. The molecular weight excluding hydrogens is 429 g/mol. The summed E-state index contributed by atoms with van der Waals surface area (Å²) in [7, 11) is -4.29. The quantitative estimate of drug-likeness (QED) is 0.448. The van der Waals surface area contributed by atoms with E-state index in [0.717, 1.165) is 0 Å². The van der Waals surface area contributed by atoms with Gasteiger partial charge in [-0.15, -0.1) is 10.2 Å². The summed E-state index contributed by atoms with van der Waals surface area (Å²) in [6, 6.07) is 10.7. The monoisotopic (exact) mass is 449 g/mol. The molecule has 0 spiro atoms. The molecule has 9 nitrogen and oxygen atoms in total. The number of carbonyl (C=O) groups is 1. The van der Waals surface area contributed by atoms with Gasteiger partial charge in [0.2, 0.25) is 5.13 Å². The molecule has 158 valence electrons. The van der Waals surface area contributed by atoms with Crippen molar-refractivity contribution >= 4 is 35.3 Å². The van der Waals surface area contributed by atoms with Crippen molar-refractivity contribution in [2.45, 2.75) is 26.6 Å². The number of carbonyl (C=O) groups excluding carboxylic acids is 1. The predicted molar refractivity (Wildman–Crippen MR) is 113 cm³/mol. The Morgan fingerprint density at radius 3 is 2.47 bits per heavy atom. The van der Waals surface area contributed by atoms with E-state index in [-0.39, 0.29) is 23.9 Å². The van der Waals surface area contributed by atoms with E-state index in [1.54, 1.807) is 30.3 Å². The highest BCUT2D eigenvalue weighted by Crippen LogP contribution is 2.33. The second kappa shape index (κ2) is 9.36. The summed E-state index contributed by atoms with van der Waals surface area (Å²) < 4.78 is 22.8. The van der Waals surface area contributed by atoms with Gasteiger partial charge in [-0.25, -0.2) is 0 Å². The van der Waals surface area contributed by atoms with Crippen LogP contribution in [0.25, 0.3) is 0 Å². The fraction of sp³-hybridized carbons (Fsp3) is 0.211. The van der Waals surface area contributed by atoms with Crippen molar-refractivity contribution in [3.63, 3.8) is 0 Å². The maximum absolute atomic E-state index is 12.6. The fourth-order valence-electron chi connectivity index (χ4n) is 2.48. The van der Waals surface area contributed by atoms with Gasteiger partial charge in [-0.1, -0.05) is 23.5 Å². The van der Waals surface area contributed by atoms with Crippen molar-refractivity contribution in [1.82, 2.24) is 10.2 Å². The Hall–Kier alpha value is -2.78. The van der Waals surface area contributed by atoms with Crippen LogP contribution >= 0.6 is 18.9 Å². The van der Waals surface area contributed by atoms with Gasteiger partial charge in [0.25, 0.3) is 5.91 Å². The minimum absolute atomic E-state index is 0.0609. The highest BCUT2D eigenvalue weighted by molar-refractivity contribution is 7.60. The van der Waals surface area contributed by atoms with E-state index in [4.69, 9.17) is 9.47 Å². The van der Waals surface area contributed by atoms with Gasteiger partial charge in [-0.3, -0.25) is 14.7 Å². The topological polar surface area (TPSA) is 131 Å². The highest BCUT2D eigenvalue weighted by atomic mass is 32.1. The first-order valence-electron chi connectivity index (χ1n) is 8.88. The average Bonchev–Trinajstić information content (AvgIpc) is 3.18.